The average Bonchev–Trinajstić information content (AvgIpc) is 3.32. The van der Waals surface area contributed by atoms with Crippen LogP contribution >= 0.6 is 11.3 Å². The fourth-order valence-corrected chi connectivity index (χ4v) is 3.40. The molecule has 0 saturated carbocycles. The van der Waals surface area contributed by atoms with Crippen molar-refractivity contribution in [3.8, 4) is 28.7 Å². The van der Waals surface area contributed by atoms with Crippen molar-refractivity contribution < 1.29 is 19.0 Å². The van der Waals surface area contributed by atoms with Crippen LogP contribution in [0.4, 0.5) is 5.13 Å². The summed E-state index contributed by atoms with van der Waals surface area (Å²) in [5.74, 6) is 1.96. The number of hydrogen-bond acceptors (Lipinski definition) is 9. The molecule has 138 valence electrons. The Labute approximate surface area is 158 Å². The minimum Gasteiger partial charge on any atom is -0.504 e. The first-order valence-corrected chi connectivity index (χ1v) is 8.86. The van der Waals surface area contributed by atoms with Crippen LogP contribution in [0.2, 0.25) is 0 Å². The van der Waals surface area contributed by atoms with Crippen molar-refractivity contribution in [1.29, 1.82) is 0 Å². The molecule has 4 rings (SSSR count). The second-order valence-electron chi connectivity index (χ2n) is 5.59. The molecular formula is C18H16N4O4S. The Kier molecular flexibility index (Phi) is 4.51. The minimum absolute atomic E-state index is 0.0510. The summed E-state index contributed by atoms with van der Waals surface area (Å²) in [6.45, 7) is 0.346. The number of nitrogens with one attached hydrogen (secondary N) is 1. The second kappa shape index (κ2) is 7.12. The summed E-state index contributed by atoms with van der Waals surface area (Å²) >= 11 is 1.52. The van der Waals surface area contributed by atoms with E-state index in [1.807, 2.05) is 18.2 Å². The van der Waals surface area contributed by atoms with E-state index in [1.54, 1.807) is 19.2 Å². The third kappa shape index (κ3) is 3.49. The van der Waals surface area contributed by atoms with Crippen LogP contribution in [-0.4, -0.2) is 34.5 Å². The number of fused-ring (bicyclic) bond motifs is 1. The normalized spacial score (nSPS) is 10.9. The molecule has 2 heterocycles. The number of anilines is 1. The zero-order chi connectivity index (χ0) is 18.8. The summed E-state index contributed by atoms with van der Waals surface area (Å²) in [7, 11) is 3.12. The first kappa shape index (κ1) is 17.1. The molecular weight excluding hydrogens is 368 g/mol. The summed E-state index contributed by atoms with van der Waals surface area (Å²) in [6.07, 6.45) is 0. The molecule has 0 fully saturated rings. The molecule has 0 amide bonds. The van der Waals surface area contributed by atoms with Gasteiger partial charge in [0.2, 0.25) is 11.8 Å². The fraction of sp³-hybridized carbons (Fsp3) is 0.167. The Hall–Kier alpha value is -3.33. The fourth-order valence-electron chi connectivity index (χ4n) is 2.51. The Bertz CT molecular complexity index is 1090. The van der Waals surface area contributed by atoms with Gasteiger partial charge in [0.25, 0.3) is 0 Å². The number of aromatic hydroxyl groups is 1. The summed E-state index contributed by atoms with van der Waals surface area (Å²) in [4.78, 5) is 4.52. The molecule has 9 heteroatoms. The maximum Gasteiger partial charge on any atom is 0.247 e. The maximum absolute atomic E-state index is 9.67. The van der Waals surface area contributed by atoms with E-state index in [1.165, 1.54) is 24.5 Å². The number of hydrogen-bond donors (Lipinski definition) is 2. The van der Waals surface area contributed by atoms with E-state index in [2.05, 4.69) is 20.5 Å². The number of phenolic OH excluding ortho intramolecular Hbond substituents is 1. The lowest BCUT2D eigenvalue weighted by Crippen LogP contribution is -1.98. The number of methoxy groups -OCH3 is 2. The van der Waals surface area contributed by atoms with Crippen molar-refractivity contribution in [1.82, 2.24) is 15.2 Å². The van der Waals surface area contributed by atoms with Gasteiger partial charge < -0.3 is 24.3 Å². The lowest BCUT2D eigenvalue weighted by molar-refractivity contribution is 0.373. The predicted octanol–water partition coefficient (Wildman–Crippen LogP) is 3.68. The van der Waals surface area contributed by atoms with Gasteiger partial charge in [0.15, 0.2) is 16.6 Å². The van der Waals surface area contributed by atoms with Crippen LogP contribution in [0.5, 0.6) is 17.2 Å². The Morgan fingerprint density at radius 1 is 1.11 bits per heavy atom. The van der Waals surface area contributed by atoms with E-state index < -0.39 is 0 Å². The first-order valence-electron chi connectivity index (χ1n) is 8.04. The van der Waals surface area contributed by atoms with E-state index in [4.69, 9.17) is 13.9 Å². The van der Waals surface area contributed by atoms with E-state index in [9.17, 15) is 5.11 Å². The molecule has 0 aliphatic heterocycles. The highest BCUT2D eigenvalue weighted by Gasteiger charge is 2.12. The molecule has 0 aliphatic rings. The standard InChI is InChI=1S/C18H16N4O4S/c1-24-11-4-5-12-15(8-11)27-18(20-12)19-9-16-21-22-17(26-16)10-3-6-13(23)14(7-10)25-2/h3-8,23H,9H2,1-2H3,(H,19,20). The number of thiazole rings is 1. The van der Waals surface area contributed by atoms with Crippen molar-refractivity contribution in [3.05, 3.63) is 42.3 Å². The number of nitrogens with zero attached hydrogens (tertiary/aromatic N) is 3. The smallest absolute Gasteiger partial charge is 0.247 e. The van der Waals surface area contributed by atoms with E-state index >= 15 is 0 Å². The van der Waals surface area contributed by atoms with Crippen LogP contribution in [-0.2, 0) is 6.54 Å². The Balaban J connectivity index is 1.48. The molecule has 0 saturated heterocycles. The predicted molar refractivity (Wildman–Crippen MR) is 101 cm³/mol. The van der Waals surface area contributed by atoms with E-state index in [-0.39, 0.29) is 5.75 Å². The van der Waals surface area contributed by atoms with Crippen LogP contribution in [0, 0.1) is 0 Å². The van der Waals surface area contributed by atoms with Gasteiger partial charge in [-0.05, 0) is 36.4 Å². The number of benzene rings is 2. The third-order valence-electron chi connectivity index (χ3n) is 3.88. The van der Waals surface area contributed by atoms with Gasteiger partial charge in [-0.2, -0.15) is 0 Å². The number of rotatable bonds is 6. The van der Waals surface area contributed by atoms with Crippen molar-refractivity contribution in [3.63, 3.8) is 0 Å². The molecule has 2 aromatic heterocycles. The summed E-state index contributed by atoms with van der Waals surface area (Å²) in [5, 5.41) is 21.7. The largest absolute Gasteiger partial charge is 0.504 e. The highest BCUT2D eigenvalue weighted by molar-refractivity contribution is 7.22. The average molecular weight is 384 g/mol. The van der Waals surface area contributed by atoms with Gasteiger partial charge in [-0.3, -0.25) is 0 Å². The second-order valence-corrected chi connectivity index (χ2v) is 6.62. The number of phenols is 1. The molecule has 0 atom stereocenters. The van der Waals surface area contributed by atoms with Crippen molar-refractivity contribution in [2.75, 3.05) is 19.5 Å². The molecule has 2 aromatic carbocycles. The van der Waals surface area contributed by atoms with Gasteiger partial charge in [-0.1, -0.05) is 11.3 Å². The van der Waals surface area contributed by atoms with Crippen LogP contribution in [0.25, 0.3) is 21.7 Å². The molecule has 4 aromatic rings. The van der Waals surface area contributed by atoms with Crippen LogP contribution in [0.3, 0.4) is 0 Å². The SMILES string of the molecule is COc1ccc2nc(NCc3nnc(-c4ccc(O)c(OC)c4)o3)sc2c1. The van der Waals surface area contributed by atoms with Gasteiger partial charge in [0, 0.05) is 5.56 Å². The lowest BCUT2D eigenvalue weighted by atomic mass is 10.2. The molecule has 0 radical (unpaired) electrons. The van der Waals surface area contributed by atoms with Crippen molar-refractivity contribution >= 4 is 26.7 Å². The van der Waals surface area contributed by atoms with E-state index in [0.29, 0.717) is 29.6 Å². The first-order chi connectivity index (χ1) is 13.2. The molecule has 0 bridgehead atoms. The molecule has 0 aliphatic carbocycles. The Morgan fingerprint density at radius 2 is 2.00 bits per heavy atom. The monoisotopic (exact) mass is 384 g/mol. The number of aromatic nitrogens is 3. The highest BCUT2D eigenvalue weighted by atomic mass is 32.1. The number of ether oxygens (including phenoxy) is 2. The molecule has 0 spiro atoms. The van der Waals surface area contributed by atoms with Crippen LogP contribution in [0.1, 0.15) is 5.89 Å². The van der Waals surface area contributed by atoms with Crippen LogP contribution < -0.4 is 14.8 Å². The Morgan fingerprint density at radius 3 is 2.81 bits per heavy atom. The summed E-state index contributed by atoms with van der Waals surface area (Å²) < 4.78 is 17.0. The van der Waals surface area contributed by atoms with E-state index in [0.717, 1.165) is 21.1 Å². The summed E-state index contributed by atoms with van der Waals surface area (Å²) in [5.41, 5.74) is 1.56. The third-order valence-corrected chi connectivity index (χ3v) is 4.86. The molecule has 2 N–H and O–H groups in total. The van der Waals surface area contributed by atoms with Crippen molar-refractivity contribution in [2.24, 2.45) is 0 Å². The summed E-state index contributed by atoms with van der Waals surface area (Å²) in [6, 6.07) is 10.6. The maximum atomic E-state index is 9.67. The van der Waals surface area contributed by atoms with Crippen LogP contribution in [0.15, 0.2) is 40.8 Å². The zero-order valence-electron chi connectivity index (χ0n) is 14.6. The van der Waals surface area contributed by atoms with Gasteiger partial charge in [0.05, 0.1) is 31.0 Å². The quantitative estimate of drug-likeness (QED) is 0.519. The molecule has 0 unspecified atom stereocenters. The highest BCUT2D eigenvalue weighted by Crippen LogP contribution is 2.31. The lowest BCUT2D eigenvalue weighted by Gasteiger charge is -2.03. The minimum atomic E-state index is 0.0510. The van der Waals surface area contributed by atoms with Gasteiger partial charge in [0.1, 0.15) is 5.75 Å². The van der Waals surface area contributed by atoms with Gasteiger partial charge >= 0.3 is 0 Å². The molecule has 8 nitrogen and oxygen atoms in total. The zero-order valence-corrected chi connectivity index (χ0v) is 15.4. The topological polar surface area (TPSA) is 103 Å². The molecule has 27 heavy (non-hydrogen) atoms. The van der Waals surface area contributed by atoms with Gasteiger partial charge in [-0.15, -0.1) is 10.2 Å². The van der Waals surface area contributed by atoms with Crippen molar-refractivity contribution in [2.45, 2.75) is 6.54 Å². The van der Waals surface area contributed by atoms with Gasteiger partial charge in [-0.25, -0.2) is 4.98 Å².